The first-order chi connectivity index (χ1) is 7.60. The van der Waals surface area contributed by atoms with Gasteiger partial charge in [-0.25, -0.2) is 0 Å². The minimum absolute atomic E-state index is 0.179. The zero-order valence-corrected chi connectivity index (χ0v) is 10.1. The Morgan fingerprint density at radius 3 is 2.81 bits per heavy atom. The first kappa shape index (κ1) is 12.6. The molecule has 1 unspecified atom stereocenters. The minimum Gasteiger partial charge on any atom is -0.513 e. The lowest BCUT2D eigenvalue weighted by Crippen LogP contribution is -2.03. The highest BCUT2D eigenvalue weighted by Crippen LogP contribution is 2.32. The van der Waals surface area contributed by atoms with Crippen LogP contribution >= 0.6 is 0 Å². The number of hydrogen-bond donors (Lipinski definition) is 1. The lowest BCUT2D eigenvalue weighted by molar-refractivity contribution is 0.259. The van der Waals surface area contributed by atoms with E-state index in [9.17, 15) is 5.11 Å². The van der Waals surface area contributed by atoms with Crippen molar-refractivity contribution in [1.29, 1.82) is 0 Å². The van der Waals surface area contributed by atoms with E-state index in [0.717, 1.165) is 24.4 Å². The molecule has 0 radical (unpaired) electrons. The lowest BCUT2D eigenvalue weighted by Gasteiger charge is -2.15. The second-order valence-electron chi connectivity index (χ2n) is 4.07. The molecule has 0 aromatic rings. The van der Waals surface area contributed by atoms with E-state index in [-0.39, 0.29) is 11.7 Å². The van der Waals surface area contributed by atoms with Crippen molar-refractivity contribution in [2.45, 2.75) is 26.7 Å². The maximum atomic E-state index is 9.23. The van der Waals surface area contributed by atoms with Crippen LogP contribution in [0.1, 0.15) is 26.7 Å². The fraction of sp³-hybridized carbons (Fsp3) is 0.429. The third kappa shape index (κ3) is 2.78. The molecule has 88 valence electrons. The second-order valence-corrected chi connectivity index (χ2v) is 4.07. The van der Waals surface area contributed by atoms with E-state index in [1.165, 1.54) is 5.57 Å². The molecule has 0 saturated carbocycles. The van der Waals surface area contributed by atoms with Gasteiger partial charge in [-0.15, -0.1) is 0 Å². The summed E-state index contributed by atoms with van der Waals surface area (Å²) < 4.78 is 5.64. The molecule has 1 aliphatic rings. The van der Waals surface area contributed by atoms with E-state index in [1.807, 2.05) is 19.9 Å². The Morgan fingerprint density at radius 1 is 1.62 bits per heavy atom. The first-order valence-electron chi connectivity index (χ1n) is 5.61. The molecule has 0 aliphatic carbocycles. The van der Waals surface area contributed by atoms with Crippen molar-refractivity contribution in [2.24, 2.45) is 5.92 Å². The molecule has 16 heavy (non-hydrogen) atoms. The highest BCUT2D eigenvalue weighted by molar-refractivity contribution is 5.39. The van der Waals surface area contributed by atoms with E-state index >= 15 is 0 Å². The lowest BCUT2D eigenvalue weighted by atomic mass is 9.93. The summed E-state index contributed by atoms with van der Waals surface area (Å²) in [5.41, 5.74) is 2.28. The van der Waals surface area contributed by atoms with Gasteiger partial charge in [0.25, 0.3) is 0 Å². The quantitative estimate of drug-likeness (QED) is 0.728. The van der Waals surface area contributed by atoms with Gasteiger partial charge in [0.15, 0.2) is 0 Å². The molecule has 1 rings (SSSR count). The molecule has 0 bridgehead atoms. The standard InChI is InChI=1S/C14H20O2/c1-5-12-7-8-16-14(12)13(6-2)10(3)9-11(4)15/h5-6,10,15H,2,4,7-9H2,1,3H3/b12-5-,14-13-. The first-order valence-corrected chi connectivity index (χ1v) is 5.61. The molecular weight excluding hydrogens is 200 g/mol. The van der Waals surface area contributed by atoms with Crippen molar-refractivity contribution in [3.05, 3.63) is 48.0 Å². The normalized spacial score (nSPS) is 22.8. The Bertz CT molecular complexity index is 348. The van der Waals surface area contributed by atoms with Crippen LogP contribution in [0.5, 0.6) is 0 Å². The van der Waals surface area contributed by atoms with Crippen molar-refractivity contribution < 1.29 is 9.84 Å². The van der Waals surface area contributed by atoms with Gasteiger partial charge in [-0.2, -0.15) is 0 Å². The Labute approximate surface area is 97.6 Å². The number of ether oxygens (including phenoxy) is 1. The molecule has 2 nitrogen and oxygen atoms in total. The van der Waals surface area contributed by atoms with Crippen LogP contribution in [-0.2, 0) is 4.74 Å². The molecule has 0 spiro atoms. The second kappa shape index (κ2) is 5.59. The summed E-state index contributed by atoms with van der Waals surface area (Å²) in [5.74, 6) is 1.32. The Kier molecular flexibility index (Phi) is 4.41. The third-order valence-electron chi connectivity index (χ3n) is 2.81. The van der Waals surface area contributed by atoms with E-state index in [1.54, 1.807) is 0 Å². The summed E-state index contributed by atoms with van der Waals surface area (Å²) in [6.07, 6.45) is 5.39. The highest BCUT2D eigenvalue weighted by atomic mass is 16.5. The third-order valence-corrected chi connectivity index (χ3v) is 2.81. The van der Waals surface area contributed by atoms with Crippen molar-refractivity contribution in [1.82, 2.24) is 0 Å². The zero-order valence-electron chi connectivity index (χ0n) is 10.1. The van der Waals surface area contributed by atoms with E-state index in [0.29, 0.717) is 6.42 Å². The number of rotatable bonds is 4. The van der Waals surface area contributed by atoms with Crippen LogP contribution in [-0.4, -0.2) is 11.7 Å². The monoisotopic (exact) mass is 220 g/mol. The summed E-state index contributed by atoms with van der Waals surface area (Å²) in [6.45, 7) is 12.1. The summed E-state index contributed by atoms with van der Waals surface area (Å²) in [4.78, 5) is 0. The Hall–Kier alpha value is -1.44. The zero-order chi connectivity index (χ0) is 12.1. The van der Waals surface area contributed by atoms with Crippen molar-refractivity contribution >= 4 is 0 Å². The van der Waals surface area contributed by atoms with Gasteiger partial charge in [-0.1, -0.05) is 32.2 Å². The average molecular weight is 220 g/mol. The summed E-state index contributed by atoms with van der Waals surface area (Å²) in [7, 11) is 0. The van der Waals surface area contributed by atoms with Gasteiger partial charge < -0.3 is 9.84 Å². The molecule has 1 saturated heterocycles. The van der Waals surface area contributed by atoms with Gasteiger partial charge in [-0.05, 0) is 24.0 Å². The molecule has 0 aromatic carbocycles. The van der Waals surface area contributed by atoms with Crippen LogP contribution in [0.2, 0.25) is 0 Å². The minimum atomic E-state index is 0.179. The van der Waals surface area contributed by atoms with Crippen LogP contribution in [0.3, 0.4) is 0 Å². The molecular formula is C14H20O2. The smallest absolute Gasteiger partial charge is 0.125 e. The number of hydrogen-bond acceptors (Lipinski definition) is 2. The summed E-state index contributed by atoms with van der Waals surface area (Å²) in [6, 6.07) is 0. The van der Waals surface area contributed by atoms with Crippen LogP contribution in [0.4, 0.5) is 0 Å². The topological polar surface area (TPSA) is 29.5 Å². The predicted octanol–water partition coefficient (Wildman–Crippen LogP) is 3.89. The predicted molar refractivity (Wildman–Crippen MR) is 67.1 cm³/mol. The fourth-order valence-electron chi connectivity index (χ4n) is 1.99. The van der Waals surface area contributed by atoms with Crippen LogP contribution < -0.4 is 0 Å². The van der Waals surface area contributed by atoms with Gasteiger partial charge in [0, 0.05) is 12.8 Å². The maximum absolute atomic E-state index is 9.23. The molecule has 2 heteroatoms. The SMILES string of the molecule is C=C/C(=C1/OCC/C1=C/C)C(C)CC(=C)O. The number of aliphatic hydroxyl groups is 1. The van der Waals surface area contributed by atoms with Gasteiger partial charge >= 0.3 is 0 Å². The van der Waals surface area contributed by atoms with E-state index in [2.05, 4.69) is 19.2 Å². The average Bonchev–Trinajstić information content (AvgIpc) is 2.66. The largest absolute Gasteiger partial charge is 0.513 e. The maximum Gasteiger partial charge on any atom is 0.125 e. The van der Waals surface area contributed by atoms with E-state index < -0.39 is 0 Å². The number of allylic oxidation sites excluding steroid dienone is 5. The Morgan fingerprint density at radius 2 is 2.31 bits per heavy atom. The van der Waals surface area contributed by atoms with Gasteiger partial charge in [0.2, 0.25) is 0 Å². The van der Waals surface area contributed by atoms with Crippen LogP contribution in [0, 0.1) is 5.92 Å². The van der Waals surface area contributed by atoms with Gasteiger partial charge in [0.1, 0.15) is 5.76 Å². The molecule has 1 heterocycles. The van der Waals surface area contributed by atoms with Gasteiger partial charge in [0.05, 0.1) is 12.4 Å². The van der Waals surface area contributed by atoms with Crippen LogP contribution in [0.15, 0.2) is 48.0 Å². The fourth-order valence-corrected chi connectivity index (χ4v) is 1.99. The highest BCUT2D eigenvalue weighted by Gasteiger charge is 2.21. The van der Waals surface area contributed by atoms with Crippen LogP contribution in [0.25, 0.3) is 0 Å². The molecule has 1 fully saturated rings. The van der Waals surface area contributed by atoms with Crippen molar-refractivity contribution in [2.75, 3.05) is 6.61 Å². The molecule has 0 aromatic heterocycles. The molecule has 1 N–H and O–H groups in total. The molecule has 1 atom stereocenters. The summed E-state index contributed by atoms with van der Waals surface area (Å²) in [5, 5.41) is 9.23. The van der Waals surface area contributed by atoms with Crippen molar-refractivity contribution in [3.8, 4) is 0 Å². The van der Waals surface area contributed by atoms with E-state index in [4.69, 9.17) is 4.74 Å². The van der Waals surface area contributed by atoms with Crippen molar-refractivity contribution in [3.63, 3.8) is 0 Å². The number of aliphatic hydroxyl groups excluding tert-OH is 1. The van der Waals surface area contributed by atoms with Gasteiger partial charge in [-0.3, -0.25) is 0 Å². The Balaban J connectivity index is 2.99. The summed E-state index contributed by atoms with van der Waals surface area (Å²) >= 11 is 0. The molecule has 0 amide bonds. The molecule has 1 aliphatic heterocycles.